The number of hydrogen-bond acceptors (Lipinski definition) is 14. The molecule has 0 fully saturated rings. The Morgan fingerprint density at radius 3 is 2.22 bits per heavy atom. The van der Waals surface area contributed by atoms with Crippen LogP contribution in [0.4, 0.5) is 10.3 Å². The maximum Gasteiger partial charge on any atom is 0.308 e. The molecule has 2 unspecified atom stereocenters. The van der Waals surface area contributed by atoms with Crippen molar-refractivity contribution in [2.24, 2.45) is 0 Å². The van der Waals surface area contributed by atoms with E-state index >= 15 is 0 Å². The number of carbonyl (C=O) groups excluding carboxylic acids is 1. The second kappa shape index (κ2) is 16.7. The minimum Gasteiger partial charge on any atom is -0.463 e. The third-order valence-electron chi connectivity index (χ3n) is 6.33. The van der Waals surface area contributed by atoms with Gasteiger partial charge in [-0.15, -0.1) is 20.2 Å². The van der Waals surface area contributed by atoms with Gasteiger partial charge < -0.3 is 24.6 Å². The molecule has 19 heteroatoms. The number of ether oxygens (including phenoxy) is 1. The molecule has 17 nitrogen and oxygen atoms in total. The number of carbonyl (C=O) groups is 1. The van der Waals surface area contributed by atoms with E-state index in [1.807, 2.05) is 0 Å². The van der Waals surface area contributed by atoms with Crippen LogP contribution in [-0.2, 0) is 29.2 Å². The summed E-state index contributed by atoms with van der Waals surface area (Å²) in [6, 6.07) is 5.31. The largest absolute Gasteiger partial charge is 0.463 e. The van der Waals surface area contributed by atoms with Crippen molar-refractivity contribution in [2.75, 3.05) is 24.2 Å². The molecule has 2 N–H and O–H groups in total. The highest BCUT2D eigenvalue weighted by Gasteiger charge is 2.24. The number of aliphatic hydroxyl groups is 2. The van der Waals surface area contributed by atoms with Crippen LogP contribution in [0.5, 0.6) is 0 Å². The van der Waals surface area contributed by atoms with E-state index in [1.165, 1.54) is 50.4 Å². The monoisotopic (exact) mass is 673 g/mol. The van der Waals surface area contributed by atoms with Crippen LogP contribution in [-0.4, -0.2) is 89.1 Å². The predicted molar refractivity (Wildman–Crippen MR) is 160 cm³/mol. The van der Waals surface area contributed by atoms with Gasteiger partial charge in [-0.25, -0.2) is 27.1 Å². The molecule has 0 aliphatic heterocycles. The van der Waals surface area contributed by atoms with Crippen LogP contribution in [0.15, 0.2) is 30.3 Å². The molecule has 1 heterocycles. The average molecular weight is 674 g/mol. The Hall–Kier alpha value is -4.49. The third-order valence-corrected chi connectivity index (χ3v) is 7.49. The van der Waals surface area contributed by atoms with Crippen LogP contribution in [0.1, 0.15) is 57.2 Å². The van der Waals surface area contributed by atoms with Gasteiger partial charge in [-0.1, -0.05) is 26.0 Å². The van der Waals surface area contributed by atoms with Crippen molar-refractivity contribution >= 4 is 28.0 Å². The summed E-state index contributed by atoms with van der Waals surface area (Å²) in [6.45, 7) is 4.22. The van der Waals surface area contributed by atoms with Gasteiger partial charge in [0.05, 0.1) is 36.3 Å². The van der Waals surface area contributed by atoms with Gasteiger partial charge in [-0.3, -0.25) is 4.79 Å². The van der Waals surface area contributed by atoms with Gasteiger partial charge in [-0.2, -0.15) is 0 Å². The zero-order chi connectivity index (χ0) is 34.8. The number of aliphatic hydroxyl groups excluding tert-OH is 2. The van der Waals surface area contributed by atoms with Crippen LogP contribution in [0.2, 0.25) is 0 Å². The Morgan fingerprint density at radius 1 is 1.07 bits per heavy atom. The van der Waals surface area contributed by atoms with E-state index in [2.05, 4.69) is 19.6 Å². The number of hydrogen-bond donors (Lipinski definition) is 2. The lowest BCUT2D eigenvalue weighted by Gasteiger charge is -2.20. The molecule has 0 bridgehead atoms. The van der Waals surface area contributed by atoms with Crippen LogP contribution in [0.3, 0.4) is 0 Å². The number of sulfonamides is 1. The fourth-order valence-electron chi connectivity index (χ4n) is 4.10. The standard InChI is InChI=1S/C27H36FN5O12S/c1-16(2)25-23(26(18-6-8-19(28)9-7-18)30-27(29-25)31(4)46(5,41)42)11-10-20(34)13-21(35)14-24(36)43-15-22(45-33(39)40)12-17(3)44-32(37)38/h6-11,16-17,20-22,34-35H,12-15H2,1-5H3/b11-10+/t17?,20-,21-,22?/m1/s1. The van der Waals surface area contributed by atoms with Gasteiger partial charge >= 0.3 is 5.97 Å². The minimum absolute atomic E-state index is 0.122. The van der Waals surface area contributed by atoms with E-state index in [-0.39, 0.29) is 30.4 Å². The van der Waals surface area contributed by atoms with Crippen LogP contribution in [0.25, 0.3) is 17.3 Å². The number of aromatic nitrogens is 2. The van der Waals surface area contributed by atoms with Crippen molar-refractivity contribution in [1.82, 2.24) is 9.97 Å². The normalized spacial score (nSPS) is 14.4. The van der Waals surface area contributed by atoms with Gasteiger partial charge in [0, 0.05) is 31.0 Å². The van der Waals surface area contributed by atoms with E-state index in [0.29, 0.717) is 16.8 Å². The highest BCUT2D eigenvalue weighted by Crippen LogP contribution is 2.31. The summed E-state index contributed by atoms with van der Waals surface area (Å²) in [6.07, 6.45) is -2.74. The lowest BCUT2D eigenvalue weighted by molar-refractivity contribution is -0.778. The first-order valence-electron chi connectivity index (χ1n) is 13.8. The van der Waals surface area contributed by atoms with Gasteiger partial charge in [0.1, 0.15) is 24.6 Å². The summed E-state index contributed by atoms with van der Waals surface area (Å²) in [5, 5.41) is 39.9. The number of esters is 1. The van der Waals surface area contributed by atoms with E-state index in [4.69, 9.17) is 4.74 Å². The van der Waals surface area contributed by atoms with Gasteiger partial charge in [0.25, 0.3) is 10.2 Å². The molecule has 1 aromatic carbocycles. The van der Waals surface area contributed by atoms with Crippen molar-refractivity contribution in [3.8, 4) is 11.3 Å². The lowest BCUT2D eigenvalue weighted by Crippen LogP contribution is -2.30. The molecule has 1 aromatic heterocycles. The molecule has 2 rings (SSSR count). The van der Waals surface area contributed by atoms with Gasteiger partial charge in [-0.05, 0) is 37.1 Å². The second-order valence-corrected chi connectivity index (χ2v) is 12.6. The molecule has 0 spiro atoms. The van der Waals surface area contributed by atoms with E-state index in [9.17, 15) is 48.0 Å². The Labute approximate surface area is 263 Å². The smallest absolute Gasteiger partial charge is 0.308 e. The Balaban J connectivity index is 2.21. The van der Waals surface area contributed by atoms with E-state index in [0.717, 1.165) is 10.6 Å². The summed E-state index contributed by atoms with van der Waals surface area (Å²) in [5.41, 5.74) is 1.50. The molecular weight excluding hydrogens is 637 g/mol. The molecule has 0 saturated heterocycles. The fraction of sp³-hybridized carbons (Fsp3) is 0.519. The number of nitrogens with zero attached hydrogens (tertiary/aromatic N) is 5. The molecule has 0 radical (unpaired) electrons. The molecule has 0 amide bonds. The van der Waals surface area contributed by atoms with Crippen molar-refractivity contribution in [3.63, 3.8) is 0 Å². The minimum atomic E-state index is -3.73. The van der Waals surface area contributed by atoms with Crippen molar-refractivity contribution in [3.05, 3.63) is 67.6 Å². The van der Waals surface area contributed by atoms with Crippen molar-refractivity contribution in [1.29, 1.82) is 0 Å². The average Bonchev–Trinajstić information content (AvgIpc) is 2.93. The van der Waals surface area contributed by atoms with Crippen LogP contribution >= 0.6 is 0 Å². The van der Waals surface area contributed by atoms with Crippen molar-refractivity contribution < 1.29 is 52.4 Å². The molecule has 254 valence electrons. The SMILES string of the molecule is CC(CC(COC(=O)C[C@H](O)C[C@H](O)/C=C/c1c(-c2ccc(F)cc2)nc(N(C)S(C)(=O)=O)nc1C(C)C)O[N+](=O)[O-])O[N+](=O)[O-]. The van der Waals surface area contributed by atoms with Gasteiger partial charge in [0.15, 0.2) is 0 Å². The van der Waals surface area contributed by atoms with Gasteiger partial charge in [0.2, 0.25) is 16.0 Å². The van der Waals surface area contributed by atoms with Crippen LogP contribution < -0.4 is 4.31 Å². The lowest BCUT2D eigenvalue weighted by atomic mass is 9.97. The number of halogens is 1. The number of benzene rings is 1. The maximum atomic E-state index is 13.7. The highest BCUT2D eigenvalue weighted by atomic mass is 32.2. The molecule has 0 aliphatic carbocycles. The first-order valence-corrected chi connectivity index (χ1v) is 15.7. The highest BCUT2D eigenvalue weighted by molar-refractivity contribution is 7.92. The molecule has 0 aliphatic rings. The zero-order valence-electron chi connectivity index (χ0n) is 25.7. The number of rotatable bonds is 18. The number of anilines is 1. The first-order chi connectivity index (χ1) is 21.4. The molecular formula is C27H36FN5O12S. The molecule has 46 heavy (non-hydrogen) atoms. The topological polar surface area (TPSA) is 235 Å². The Morgan fingerprint density at radius 2 is 1.67 bits per heavy atom. The summed E-state index contributed by atoms with van der Waals surface area (Å²) in [4.78, 5) is 50.9. The van der Waals surface area contributed by atoms with E-state index < -0.39 is 69.4 Å². The Kier molecular flexibility index (Phi) is 13.7. The van der Waals surface area contributed by atoms with Crippen LogP contribution in [0, 0.1) is 26.0 Å². The quantitative estimate of drug-likeness (QED) is 0.131. The summed E-state index contributed by atoms with van der Waals surface area (Å²) in [7, 11) is -2.45. The second-order valence-electron chi connectivity index (χ2n) is 10.6. The summed E-state index contributed by atoms with van der Waals surface area (Å²) in [5.74, 6) is -1.87. The zero-order valence-corrected chi connectivity index (χ0v) is 26.5. The molecule has 2 aromatic rings. The molecule has 0 saturated carbocycles. The summed E-state index contributed by atoms with van der Waals surface area (Å²) >= 11 is 0. The maximum absolute atomic E-state index is 13.7. The molecule has 4 atom stereocenters. The third kappa shape index (κ3) is 12.1. The first kappa shape index (κ1) is 37.7. The fourth-order valence-corrected chi connectivity index (χ4v) is 4.48. The predicted octanol–water partition coefficient (Wildman–Crippen LogP) is 2.42. The summed E-state index contributed by atoms with van der Waals surface area (Å²) < 4.78 is 43.9. The van der Waals surface area contributed by atoms with Crippen molar-refractivity contribution in [2.45, 2.75) is 70.4 Å². The Bertz CT molecular complexity index is 1510. The van der Waals surface area contributed by atoms with E-state index in [1.54, 1.807) is 13.8 Å².